The summed E-state index contributed by atoms with van der Waals surface area (Å²) in [6, 6.07) is 13.7. The molecule has 1 amide bonds. The highest BCUT2D eigenvalue weighted by Crippen LogP contribution is 2.45. The Balaban J connectivity index is 2.01. The first kappa shape index (κ1) is 17.0. The van der Waals surface area contributed by atoms with Crippen LogP contribution in [0.5, 0.6) is 0 Å². The molecule has 1 atom stereocenters. The fourth-order valence-corrected chi connectivity index (χ4v) is 3.86. The van der Waals surface area contributed by atoms with E-state index in [0.29, 0.717) is 5.56 Å². The third-order valence-corrected chi connectivity index (χ3v) is 5.09. The molecule has 1 N–H and O–H groups in total. The number of nitro groups is 1. The number of nitro benzene ring substituents is 1. The molecule has 7 nitrogen and oxygen atoms in total. The van der Waals surface area contributed by atoms with Crippen molar-refractivity contribution in [1.82, 2.24) is 4.90 Å². The van der Waals surface area contributed by atoms with E-state index in [-0.39, 0.29) is 23.5 Å². The van der Waals surface area contributed by atoms with Crippen molar-refractivity contribution in [2.75, 3.05) is 5.75 Å². The minimum Gasteiger partial charge on any atom is -0.481 e. The van der Waals surface area contributed by atoms with Crippen LogP contribution in [0.4, 0.5) is 5.69 Å². The fourth-order valence-electron chi connectivity index (χ4n) is 2.83. The number of carbonyl (C=O) groups excluding carboxylic acids is 1. The van der Waals surface area contributed by atoms with Gasteiger partial charge < -0.3 is 10.0 Å². The Kier molecular flexibility index (Phi) is 4.71. The van der Waals surface area contributed by atoms with Gasteiger partial charge in [-0.1, -0.05) is 42.5 Å². The van der Waals surface area contributed by atoms with Crippen LogP contribution in [0.1, 0.15) is 26.9 Å². The van der Waals surface area contributed by atoms with Gasteiger partial charge in [-0.3, -0.25) is 19.7 Å². The van der Waals surface area contributed by atoms with Crippen LogP contribution < -0.4 is 0 Å². The molecule has 0 saturated carbocycles. The lowest BCUT2D eigenvalue weighted by atomic mass is 10.1. The maximum absolute atomic E-state index is 12.8. The first-order chi connectivity index (χ1) is 12.0. The number of carbonyl (C=O) groups is 2. The quantitative estimate of drug-likeness (QED) is 0.629. The molecule has 25 heavy (non-hydrogen) atoms. The average Bonchev–Trinajstić information content (AvgIpc) is 2.86. The van der Waals surface area contributed by atoms with Crippen molar-refractivity contribution in [3.05, 3.63) is 75.3 Å². The average molecular weight is 358 g/mol. The SMILES string of the molecule is O=C(O)CSC1c2cccc([N+](=O)[O-])c2C(=O)N1Cc1ccccc1. The Morgan fingerprint density at radius 2 is 1.92 bits per heavy atom. The van der Waals surface area contributed by atoms with Crippen molar-refractivity contribution >= 4 is 29.3 Å². The second-order valence-corrected chi connectivity index (χ2v) is 6.54. The van der Waals surface area contributed by atoms with Crippen LogP contribution in [0.15, 0.2) is 48.5 Å². The lowest BCUT2D eigenvalue weighted by Crippen LogP contribution is -2.27. The Morgan fingerprint density at radius 3 is 2.56 bits per heavy atom. The molecule has 2 aromatic carbocycles. The van der Waals surface area contributed by atoms with Crippen LogP contribution in [0.2, 0.25) is 0 Å². The summed E-state index contributed by atoms with van der Waals surface area (Å²) < 4.78 is 0. The van der Waals surface area contributed by atoms with Crippen LogP contribution in [0.3, 0.4) is 0 Å². The number of nitrogens with zero attached hydrogens (tertiary/aromatic N) is 2. The highest BCUT2D eigenvalue weighted by molar-refractivity contribution is 8.00. The van der Waals surface area contributed by atoms with Crippen LogP contribution in [0, 0.1) is 10.1 Å². The van der Waals surface area contributed by atoms with Gasteiger partial charge in [0, 0.05) is 18.2 Å². The molecule has 1 unspecified atom stereocenters. The van der Waals surface area contributed by atoms with Crippen LogP contribution in [-0.2, 0) is 11.3 Å². The highest BCUT2D eigenvalue weighted by atomic mass is 32.2. The molecule has 0 radical (unpaired) electrons. The van der Waals surface area contributed by atoms with Crippen molar-refractivity contribution in [3.63, 3.8) is 0 Å². The number of aliphatic carboxylic acids is 1. The molecule has 128 valence electrons. The number of hydrogen-bond acceptors (Lipinski definition) is 5. The van der Waals surface area contributed by atoms with E-state index >= 15 is 0 Å². The zero-order chi connectivity index (χ0) is 18.0. The molecule has 0 aliphatic carbocycles. The van der Waals surface area contributed by atoms with E-state index in [1.165, 1.54) is 17.0 Å². The molecule has 0 fully saturated rings. The Labute approximate surface area is 147 Å². The second-order valence-electron chi connectivity index (χ2n) is 5.47. The minimum atomic E-state index is -1.00. The summed E-state index contributed by atoms with van der Waals surface area (Å²) in [7, 11) is 0. The second kappa shape index (κ2) is 6.94. The van der Waals surface area contributed by atoms with E-state index in [9.17, 15) is 19.7 Å². The predicted molar refractivity (Wildman–Crippen MR) is 92.2 cm³/mol. The van der Waals surface area contributed by atoms with Gasteiger partial charge in [0.25, 0.3) is 11.6 Å². The van der Waals surface area contributed by atoms with Crippen molar-refractivity contribution in [3.8, 4) is 0 Å². The number of hydrogen-bond donors (Lipinski definition) is 1. The Morgan fingerprint density at radius 1 is 1.20 bits per heavy atom. The van der Waals surface area contributed by atoms with Gasteiger partial charge in [-0.05, 0) is 5.56 Å². The molecular weight excluding hydrogens is 344 g/mol. The number of fused-ring (bicyclic) bond motifs is 1. The van der Waals surface area contributed by atoms with Crippen molar-refractivity contribution < 1.29 is 19.6 Å². The van der Waals surface area contributed by atoms with Crippen molar-refractivity contribution in [2.24, 2.45) is 0 Å². The molecule has 8 heteroatoms. The number of rotatable bonds is 6. The van der Waals surface area contributed by atoms with Gasteiger partial charge in [-0.25, -0.2) is 0 Å². The van der Waals surface area contributed by atoms with Gasteiger partial charge >= 0.3 is 5.97 Å². The number of amides is 1. The van der Waals surface area contributed by atoms with Crippen molar-refractivity contribution in [1.29, 1.82) is 0 Å². The largest absolute Gasteiger partial charge is 0.481 e. The van der Waals surface area contributed by atoms with Crippen LogP contribution in [-0.4, -0.2) is 32.6 Å². The molecule has 0 spiro atoms. The molecule has 0 aromatic heterocycles. The van der Waals surface area contributed by atoms with Gasteiger partial charge in [-0.2, -0.15) is 0 Å². The van der Waals surface area contributed by atoms with Gasteiger partial charge in [0.05, 0.1) is 10.7 Å². The van der Waals surface area contributed by atoms with Crippen LogP contribution >= 0.6 is 11.8 Å². The topological polar surface area (TPSA) is 101 Å². The first-order valence-electron chi connectivity index (χ1n) is 7.44. The maximum Gasteiger partial charge on any atom is 0.313 e. The molecule has 0 saturated heterocycles. The van der Waals surface area contributed by atoms with Gasteiger partial charge in [0.1, 0.15) is 10.9 Å². The Bertz CT molecular complexity index is 840. The zero-order valence-electron chi connectivity index (χ0n) is 13.0. The summed E-state index contributed by atoms with van der Waals surface area (Å²) in [5.74, 6) is -1.66. The van der Waals surface area contributed by atoms with E-state index in [0.717, 1.165) is 17.3 Å². The molecule has 2 aromatic rings. The smallest absolute Gasteiger partial charge is 0.313 e. The summed E-state index contributed by atoms with van der Waals surface area (Å²) >= 11 is 1.07. The minimum absolute atomic E-state index is 0.0475. The summed E-state index contributed by atoms with van der Waals surface area (Å²) in [5, 5.41) is 19.7. The summed E-state index contributed by atoms with van der Waals surface area (Å²) in [5.41, 5.74) is 1.15. The normalized spacial score (nSPS) is 15.9. The van der Waals surface area contributed by atoms with Gasteiger partial charge in [0.15, 0.2) is 0 Å². The fraction of sp³-hybridized carbons (Fsp3) is 0.176. The highest BCUT2D eigenvalue weighted by Gasteiger charge is 2.41. The first-order valence-corrected chi connectivity index (χ1v) is 8.49. The third-order valence-electron chi connectivity index (χ3n) is 3.86. The number of benzene rings is 2. The molecule has 1 aliphatic rings. The monoisotopic (exact) mass is 358 g/mol. The van der Waals surface area contributed by atoms with E-state index in [1.54, 1.807) is 6.07 Å². The standard InChI is InChI=1S/C17H14N2O5S/c20-14(21)10-25-17-12-7-4-8-13(19(23)24)15(12)16(22)18(17)9-11-5-2-1-3-6-11/h1-8,17H,9-10H2,(H,20,21). The Hall–Kier alpha value is -2.87. The van der Waals surface area contributed by atoms with E-state index < -0.39 is 22.2 Å². The van der Waals surface area contributed by atoms with Crippen LogP contribution in [0.25, 0.3) is 0 Å². The third kappa shape index (κ3) is 3.34. The molecule has 3 rings (SSSR count). The molecular formula is C17H14N2O5S. The molecule has 1 heterocycles. The van der Waals surface area contributed by atoms with E-state index in [2.05, 4.69) is 0 Å². The van der Waals surface area contributed by atoms with E-state index in [4.69, 9.17) is 5.11 Å². The molecule has 1 aliphatic heterocycles. The van der Waals surface area contributed by atoms with Gasteiger partial charge in [0.2, 0.25) is 0 Å². The number of carboxylic acid groups (broad SMARTS) is 1. The summed E-state index contributed by atoms with van der Waals surface area (Å²) in [4.78, 5) is 36.0. The maximum atomic E-state index is 12.8. The number of thioether (sulfide) groups is 1. The molecule has 0 bridgehead atoms. The van der Waals surface area contributed by atoms with E-state index in [1.807, 2.05) is 30.3 Å². The predicted octanol–water partition coefficient (Wildman–Crippen LogP) is 3.07. The summed E-state index contributed by atoms with van der Waals surface area (Å²) in [6.07, 6.45) is 0. The number of carboxylic acids is 1. The zero-order valence-corrected chi connectivity index (χ0v) is 13.8. The van der Waals surface area contributed by atoms with Gasteiger partial charge in [-0.15, -0.1) is 11.8 Å². The van der Waals surface area contributed by atoms with Crippen molar-refractivity contribution in [2.45, 2.75) is 11.9 Å². The summed E-state index contributed by atoms with van der Waals surface area (Å²) in [6.45, 7) is 0.253. The lowest BCUT2D eigenvalue weighted by Gasteiger charge is -2.24. The lowest BCUT2D eigenvalue weighted by molar-refractivity contribution is -0.385.